The number of allylic oxidation sites excluding steroid dienone is 6. The summed E-state index contributed by atoms with van der Waals surface area (Å²) >= 11 is 0. The SMILES string of the molecule is CC(=O)Oc1c(C)c2c(O)c3c1C1=C(OCOC1=C(C)C3=O)/C(C)=C/C(C)(C)[C@H](O)[C@@H](C)[C@@H](O)[C@H](C)[C@@H](O)[C@H](C)[C@H](C)C(C)(C)/C=C\C=C(/C)C(=O)N2. The molecule has 1 aliphatic carbocycles. The molecule has 4 bridgehead atoms. The number of ketones is 1. The molecule has 290 valence electrons. The van der Waals surface area contributed by atoms with Crippen molar-refractivity contribution in [2.75, 3.05) is 12.1 Å². The van der Waals surface area contributed by atoms with Crippen LogP contribution in [0.25, 0.3) is 5.57 Å². The first-order valence-corrected chi connectivity index (χ1v) is 18.2. The molecular formula is C42H57NO10. The third kappa shape index (κ3) is 7.75. The van der Waals surface area contributed by atoms with E-state index in [1.54, 1.807) is 59.8 Å². The van der Waals surface area contributed by atoms with Crippen LogP contribution in [0.3, 0.4) is 0 Å². The van der Waals surface area contributed by atoms with Crippen LogP contribution >= 0.6 is 0 Å². The fourth-order valence-corrected chi connectivity index (χ4v) is 7.82. The number of carbonyl (C=O) groups excluding carboxylic acids is 3. The first kappa shape index (κ1) is 41.6. The topological polar surface area (TPSA) is 172 Å². The summed E-state index contributed by atoms with van der Waals surface area (Å²) in [6.07, 6.45) is 4.10. The molecule has 3 aliphatic heterocycles. The number of amides is 1. The molecule has 11 heteroatoms. The Morgan fingerprint density at radius 2 is 1.43 bits per heavy atom. The molecule has 5 rings (SSSR count). The zero-order chi connectivity index (χ0) is 40.1. The molecule has 0 unspecified atom stereocenters. The minimum atomic E-state index is -1.08. The Bertz CT molecular complexity index is 1840. The Balaban J connectivity index is 2.06. The lowest BCUT2D eigenvalue weighted by molar-refractivity contribution is -0.132. The van der Waals surface area contributed by atoms with E-state index in [4.69, 9.17) is 14.2 Å². The Labute approximate surface area is 313 Å². The van der Waals surface area contributed by atoms with Crippen molar-refractivity contribution in [1.29, 1.82) is 0 Å². The highest BCUT2D eigenvalue weighted by Gasteiger charge is 2.44. The van der Waals surface area contributed by atoms with Crippen molar-refractivity contribution < 1.29 is 49.0 Å². The number of aromatic hydroxyl groups is 1. The number of carbonyl (C=O) groups is 3. The van der Waals surface area contributed by atoms with Crippen LogP contribution in [-0.4, -0.2) is 63.2 Å². The van der Waals surface area contributed by atoms with Gasteiger partial charge in [0.1, 0.15) is 17.3 Å². The second kappa shape index (κ2) is 15.3. The van der Waals surface area contributed by atoms with Gasteiger partial charge in [-0.25, -0.2) is 0 Å². The van der Waals surface area contributed by atoms with Gasteiger partial charge in [-0.3, -0.25) is 14.4 Å². The molecule has 0 aromatic heterocycles. The number of fused-ring (bicyclic) bond motifs is 14. The van der Waals surface area contributed by atoms with Gasteiger partial charge in [-0.1, -0.05) is 79.7 Å². The highest BCUT2D eigenvalue weighted by Crippen LogP contribution is 2.53. The van der Waals surface area contributed by atoms with Crippen molar-refractivity contribution >= 4 is 28.9 Å². The van der Waals surface area contributed by atoms with E-state index in [0.717, 1.165) is 0 Å². The number of aliphatic hydroxyl groups is 3. The van der Waals surface area contributed by atoms with Crippen LogP contribution in [0.4, 0.5) is 5.69 Å². The molecule has 1 aromatic carbocycles. The third-order valence-electron chi connectivity index (χ3n) is 11.7. The Morgan fingerprint density at radius 3 is 2.04 bits per heavy atom. The smallest absolute Gasteiger partial charge is 0.308 e. The molecule has 3 heterocycles. The zero-order valence-corrected chi connectivity index (χ0v) is 33.3. The van der Waals surface area contributed by atoms with Gasteiger partial charge < -0.3 is 40.0 Å². The summed E-state index contributed by atoms with van der Waals surface area (Å²) in [6, 6.07) is 0. The van der Waals surface area contributed by atoms with E-state index in [0.29, 0.717) is 5.57 Å². The molecule has 7 atom stereocenters. The number of esters is 1. The van der Waals surface area contributed by atoms with E-state index in [2.05, 4.69) is 5.32 Å². The number of phenols is 1. The second-order valence-corrected chi connectivity index (χ2v) is 16.3. The third-order valence-corrected chi connectivity index (χ3v) is 11.7. The predicted molar refractivity (Wildman–Crippen MR) is 203 cm³/mol. The molecule has 0 saturated carbocycles. The quantitative estimate of drug-likeness (QED) is 0.116. The van der Waals surface area contributed by atoms with Gasteiger partial charge in [0.15, 0.2) is 11.5 Å². The van der Waals surface area contributed by atoms with Crippen molar-refractivity contribution in [2.24, 2.45) is 34.5 Å². The maximum Gasteiger partial charge on any atom is 0.308 e. The highest BCUT2D eigenvalue weighted by molar-refractivity contribution is 6.21. The van der Waals surface area contributed by atoms with Crippen LogP contribution in [0.15, 0.2) is 52.5 Å². The van der Waals surface area contributed by atoms with Crippen LogP contribution in [0.2, 0.25) is 0 Å². The highest BCUT2D eigenvalue weighted by atomic mass is 16.7. The van der Waals surface area contributed by atoms with Crippen LogP contribution in [0.5, 0.6) is 11.5 Å². The largest absolute Gasteiger partial charge is 0.505 e. The molecule has 0 spiro atoms. The minimum absolute atomic E-state index is 0.0604. The van der Waals surface area contributed by atoms with Gasteiger partial charge in [0.2, 0.25) is 6.79 Å². The van der Waals surface area contributed by atoms with Crippen LogP contribution in [-0.2, 0) is 19.1 Å². The number of nitrogens with one attached hydrogen (secondary N) is 1. The van der Waals surface area contributed by atoms with Crippen molar-refractivity contribution in [2.45, 2.75) is 108 Å². The van der Waals surface area contributed by atoms with Crippen molar-refractivity contribution in [3.8, 4) is 11.5 Å². The molecular weight excluding hydrogens is 678 g/mol. The fourth-order valence-electron chi connectivity index (χ4n) is 7.82. The number of hydrogen-bond acceptors (Lipinski definition) is 10. The Morgan fingerprint density at radius 1 is 0.849 bits per heavy atom. The van der Waals surface area contributed by atoms with E-state index in [1.165, 1.54) is 6.92 Å². The molecule has 0 fully saturated rings. The van der Waals surface area contributed by atoms with Gasteiger partial charge in [-0.15, -0.1) is 0 Å². The van der Waals surface area contributed by atoms with Gasteiger partial charge >= 0.3 is 5.97 Å². The van der Waals surface area contributed by atoms with E-state index in [-0.39, 0.29) is 75.0 Å². The number of benzene rings is 1. The number of hydrogen-bond donors (Lipinski definition) is 5. The number of rotatable bonds is 1. The number of phenolic OH excluding ortho intramolecular Hbond substituents is 1. The monoisotopic (exact) mass is 735 g/mol. The first-order chi connectivity index (χ1) is 24.5. The van der Waals surface area contributed by atoms with Crippen molar-refractivity contribution in [1.82, 2.24) is 0 Å². The van der Waals surface area contributed by atoms with E-state index in [9.17, 15) is 34.8 Å². The lowest BCUT2D eigenvalue weighted by Gasteiger charge is -2.41. The zero-order valence-electron chi connectivity index (χ0n) is 33.3. The summed E-state index contributed by atoms with van der Waals surface area (Å²) in [5.41, 5.74) is -0.225. The molecule has 5 N–H and O–H groups in total. The predicted octanol–water partition coefficient (Wildman–Crippen LogP) is 6.89. The van der Waals surface area contributed by atoms with Gasteiger partial charge in [0.05, 0.1) is 35.1 Å². The van der Waals surface area contributed by atoms with Gasteiger partial charge in [0, 0.05) is 46.4 Å². The van der Waals surface area contributed by atoms with Crippen LogP contribution in [0.1, 0.15) is 105 Å². The Hall–Kier alpha value is -4.19. The lowest BCUT2D eigenvalue weighted by atomic mass is 9.68. The molecule has 11 nitrogen and oxygen atoms in total. The second-order valence-electron chi connectivity index (χ2n) is 16.3. The Kier molecular flexibility index (Phi) is 12.0. The summed E-state index contributed by atoms with van der Waals surface area (Å²) in [4.78, 5) is 40.2. The summed E-state index contributed by atoms with van der Waals surface area (Å²) in [7, 11) is 0. The average molecular weight is 736 g/mol. The minimum Gasteiger partial charge on any atom is -0.505 e. The normalized spacial score (nSPS) is 32.0. The van der Waals surface area contributed by atoms with Gasteiger partial charge in [-0.05, 0) is 50.5 Å². The maximum atomic E-state index is 14.0. The van der Waals surface area contributed by atoms with Crippen LogP contribution < -0.4 is 10.1 Å². The summed E-state index contributed by atoms with van der Waals surface area (Å²) in [5, 5.41) is 49.5. The van der Waals surface area contributed by atoms with Crippen molar-refractivity contribution in [3.05, 3.63) is 69.2 Å². The van der Waals surface area contributed by atoms with Gasteiger partial charge in [-0.2, -0.15) is 0 Å². The van der Waals surface area contributed by atoms with E-state index >= 15 is 0 Å². The molecule has 1 aromatic rings. The summed E-state index contributed by atoms with van der Waals surface area (Å²) in [5.74, 6) is -3.57. The van der Waals surface area contributed by atoms with Crippen LogP contribution in [0, 0.1) is 41.4 Å². The summed E-state index contributed by atoms with van der Waals surface area (Å²) < 4.78 is 17.7. The standard InChI is InChI=1S/C42H57NO10/c1-19-15-14-16-41(10,11)26(8)21(3)32(45)23(5)33(46)25(7)39(49)42(12,13)17-20(2)36-30-28-29(34(47)24(6)37(30)52-18-51-36)35(48)31(43-40(19)50)22(4)38(28)53-27(9)44/h14-17,21,23,25-26,32-33,39,45-46,48-49H,18H2,1-13H3,(H,43,50)/b16-14-,19-15+,20-17+/t21-,23-,25+,26+,32+,33+,39-/m1/s1. The maximum absolute atomic E-state index is 14.0. The number of aliphatic hydroxyl groups excluding tert-OH is 3. The number of ether oxygens (including phenoxy) is 3. The molecule has 0 saturated heterocycles. The number of Topliss-reactive ketones (excluding diaryl/α,β-unsaturated/α-hetero) is 1. The summed E-state index contributed by atoms with van der Waals surface area (Å²) in [6.45, 7) is 22.6. The first-order valence-electron chi connectivity index (χ1n) is 18.2. The lowest BCUT2D eigenvalue weighted by Crippen LogP contribution is -2.46. The molecule has 53 heavy (non-hydrogen) atoms. The average Bonchev–Trinajstić information content (AvgIpc) is 3.09. The fraction of sp³-hybridized carbons (Fsp3) is 0.548. The van der Waals surface area contributed by atoms with Gasteiger partial charge in [0.25, 0.3) is 5.91 Å². The number of anilines is 1. The molecule has 0 radical (unpaired) electrons. The van der Waals surface area contributed by atoms with E-state index in [1.807, 2.05) is 47.6 Å². The van der Waals surface area contributed by atoms with E-state index < -0.39 is 64.4 Å². The van der Waals surface area contributed by atoms with Crippen molar-refractivity contribution in [3.63, 3.8) is 0 Å². The molecule has 4 aliphatic rings. The molecule has 1 amide bonds.